The average molecular weight is 866 g/mol. The van der Waals surface area contributed by atoms with E-state index in [4.69, 9.17) is 0 Å². The molecule has 0 bridgehead atoms. The molecule has 0 saturated heterocycles. The van der Waals surface area contributed by atoms with Crippen molar-refractivity contribution in [2.24, 2.45) is 5.92 Å². The van der Waals surface area contributed by atoms with E-state index in [9.17, 15) is 17.8 Å². The maximum Gasteiger partial charge on any atom is 0.232 e. The summed E-state index contributed by atoms with van der Waals surface area (Å²) in [5.74, 6) is 0.849. The molecule has 0 aliphatic carbocycles. The second-order valence-corrected chi connectivity index (χ2v) is 18.9. The van der Waals surface area contributed by atoms with Gasteiger partial charge >= 0.3 is 0 Å². The van der Waals surface area contributed by atoms with Crippen LogP contribution in [-0.2, 0) is 19.4 Å². The molecule has 9 heteroatoms. The summed E-state index contributed by atoms with van der Waals surface area (Å²) in [5, 5.41) is 6.69. The summed E-state index contributed by atoms with van der Waals surface area (Å²) in [5.41, 5.74) is 0. The van der Waals surface area contributed by atoms with Crippen molar-refractivity contribution in [3.05, 3.63) is 24.3 Å². The maximum absolute atomic E-state index is 12.5. The van der Waals surface area contributed by atoms with Gasteiger partial charge in [0.15, 0.2) is 0 Å². The summed E-state index contributed by atoms with van der Waals surface area (Å²) in [6, 6.07) is 0.586. The Morgan fingerprint density at radius 1 is 0.633 bits per heavy atom. The van der Waals surface area contributed by atoms with Crippen LogP contribution in [0.5, 0.6) is 0 Å². The van der Waals surface area contributed by atoms with Crippen molar-refractivity contribution < 1.29 is 26.5 Å². The quantitative estimate of drug-likeness (QED) is 0.0208. The molecule has 60 heavy (non-hydrogen) atoms. The largest absolute Gasteiger partial charge is 0.726 e. The molecule has 1 aliphatic rings. The zero-order valence-corrected chi connectivity index (χ0v) is 40.8. The van der Waals surface area contributed by atoms with Crippen LogP contribution in [0.4, 0.5) is 0 Å². The van der Waals surface area contributed by atoms with Crippen LogP contribution < -0.4 is 10.6 Å². The third kappa shape index (κ3) is 43.0. The number of amides is 1. The highest BCUT2D eigenvalue weighted by atomic mass is 32.3. The van der Waals surface area contributed by atoms with Crippen molar-refractivity contribution in [3.8, 4) is 0 Å². The Labute approximate surface area is 373 Å². The third-order valence-electron chi connectivity index (χ3n) is 12.2. The lowest BCUT2D eigenvalue weighted by Crippen LogP contribution is -2.35. The minimum atomic E-state index is -4.41. The molecule has 354 valence electrons. The van der Waals surface area contributed by atoms with Crippen molar-refractivity contribution in [3.63, 3.8) is 0 Å². The molecule has 1 aliphatic heterocycles. The minimum absolute atomic E-state index is 0.258. The molecule has 2 unspecified atom stereocenters. The Kier molecular flexibility index (Phi) is 44.0. The van der Waals surface area contributed by atoms with E-state index in [0.717, 1.165) is 39.6 Å². The average Bonchev–Trinajstić information content (AvgIpc) is 3.77. The molecule has 0 radical (unpaired) electrons. The molecule has 0 aromatic heterocycles. The van der Waals surface area contributed by atoms with Gasteiger partial charge in [-0.3, -0.25) is 18.9 Å². The molecule has 2 atom stereocenters. The Morgan fingerprint density at radius 3 is 1.37 bits per heavy atom. The first-order chi connectivity index (χ1) is 29.2. The third-order valence-corrected chi connectivity index (χ3v) is 12.6. The highest BCUT2D eigenvalue weighted by Gasteiger charge is 2.26. The van der Waals surface area contributed by atoms with Gasteiger partial charge in [-0.05, 0) is 83.0 Å². The van der Waals surface area contributed by atoms with Gasteiger partial charge in [0.2, 0.25) is 22.6 Å². The lowest BCUT2D eigenvalue weighted by atomic mass is 9.92. The number of nitrogens with zero attached hydrogens (tertiary/aromatic N) is 1. The fourth-order valence-electron chi connectivity index (χ4n) is 8.22. The molecule has 1 rings (SSSR count). The van der Waals surface area contributed by atoms with E-state index in [1.54, 1.807) is 0 Å². The van der Waals surface area contributed by atoms with E-state index in [1.807, 2.05) is 0 Å². The number of carbonyl (C=O) groups is 1. The van der Waals surface area contributed by atoms with Gasteiger partial charge < -0.3 is 9.87 Å². The summed E-state index contributed by atoms with van der Waals surface area (Å²) >= 11 is 0. The second kappa shape index (κ2) is 45.3. The van der Waals surface area contributed by atoms with Crippen LogP contribution in [0.25, 0.3) is 0 Å². The molecular weight excluding hydrogens is 767 g/mol. The van der Waals surface area contributed by atoms with Crippen molar-refractivity contribution in [2.45, 2.75) is 258 Å². The maximum atomic E-state index is 12.5. The van der Waals surface area contributed by atoms with Gasteiger partial charge in [0, 0.05) is 13.0 Å². The predicted molar refractivity (Wildman–Crippen MR) is 258 cm³/mol. The topological polar surface area (TPSA) is 111 Å². The van der Waals surface area contributed by atoms with Crippen LogP contribution in [0.1, 0.15) is 252 Å². The summed E-state index contributed by atoms with van der Waals surface area (Å²) in [7, 11) is -3.60. The van der Waals surface area contributed by atoms with Crippen molar-refractivity contribution >= 4 is 22.6 Å². The molecule has 0 aromatic carbocycles. The molecule has 8 nitrogen and oxygen atoms in total. The van der Waals surface area contributed by atoms with Gasteiger partial charge in [-0.2, -0.15) is 0 Å². The molecule has 1 amide bonds. The second-order valence-electron chi connectivity index (χ2n) is 17.8. The van der Waals surface area contributed by atoms with Crippen LogP contribution in [0.3, 0.4) is 0 Å². The Hall–Kier alpha value is -1.71. The fourth-order valence-corrected chi connectivity index (χ4v) is 8.22. The minimum Gasteiger partial charge on any atom is -0.726 e. The lowest BCUT2D eigenvalue weighted by Gasteiger charge is -2.23. The van der Waals surface area contributed by atoms with Crippen LogP contribution in [0, 0.1) is 5.92 Å². The summed E-state index contributed by atoms with van der Waals surface area (Å²) in [6.07, 6.45) is 59.6. The number of rotatable bonds is 43. The number of allylic oxidation sites excluding steroid dienone is 4. The first kappa shape index (κ1) is 58.3. The number of hydrogen-bond donors (Lipinski definition) is 2. The normalized spacial score (nSPS) is 14.0. The predicted octanol–water partition coefficient (Wildman–Crippen LogP) is 14.0. The number of unbranched alkanes of at least 4 members (excludes halogenated alkanes) is 29. The first-order valence-electron chi connectivity index (χ1n) is 25.7. The van der Waals surface area contributed by atoms with Gasteiger partial charge in [0.1, 0.15) is 13.1 Å². The van der Waals surface area contributed by atoms with Crippen LogP contribution in [0.2, 0.25) is 0 Å². The van der Waals surface area contributed by atoms with E-state index in [2.05, 4.69) is 70.8 Å². The van der Waals surface area contributed by atoms with Gasteiger partial charge in [0.25, 0.3) is 0 Å². The highest BCUT2D eigenvalue weighted by Crippen LogP contribution is 2.20. The molecule has 0 saturated carbocycles. The zero-order valence-electron chi connectivity index (χ0n) is 40.0. The van der Waals surface area contributed by atoms with E-state index in [-0.39, 0.29) is 5.91 Å². The van der Waals surface area contributed by atoms with E-state index < -0.39 is 10.4 Å². The van der Waals surface area contributed by atoms with Crippen molar-refractivity contribution in [2.75, 3.05) is 26.7 Å². The van der Waals surface area contributed by atoms with Crippen LogP contribution in [-0.4, -0.2) is 62.6 Å². The monoisotopic (exact) mass is 866 g/mol. The lowest BCUT2D eigenvalue weighted by molar-refractivity contribution is -0.563. The summed E-state index contributed by atoms with van der Waals surface area (Å²) in [4.78, 5) is 12.5. The van der Waals surface area contributed by atoms with Gasteiger partial charge in [-0.25, -0.2) is 8.42 Å². The number of carbonyl (C=O) groups excluding carboxylic acids is 1. The van der Waals surface area contributed by atoms with E-state index in [1.165, 1.54) is 212 Å². The van der Waals surface area contributed by atoms with Crippen molar-refractivity contribution in [1.29, 1.82) is 0 Å². The summed E-state index contributed by atoms with van der Waals surface area (Å²) in [6.45, 7) is 9.99. The standard InChI is InChI=1S/C50H95N3O.CH4O4S/c1-4-6-8-10-12-14-16-18-20-22-24-26-28-30-32-34-36-38-40-42-50(54)52-44-43-48(3)49(53-46-45-51-47-53)41-39-37-35-33-31-29-27-25-23-21-19-17-15-13-11-9-7-5-2;1-5-6(2,3)4/h18-21,47-49H,4-17,22-46H2,1-3H3,(H,52,54);1H3,(H,2,3,4)/b20-18-,21-19-;. The molecule has 1 heterocycles. The van der Waals surface area contributed by atoms with Crippen LogP contribution in [0.15, 0.2) is 24.3 Å². The van der Waals surface area contributed by atoms with Gasteiger partial charge in [-0.15, -0.1) is 0 Å². The number of nitrogens with one attached hydrogen (secondary N) is 2. The smallest absolute Gasteiger partial charge is 0.232 e. The Morgan fingerprint density at radius 2 is 1.00 bits per heavy atom. The fraction of sp³-hybridized carbons (Fsp3) is 0.882. The van der Waals surface area contributed by atoms with Gasteiger partial charge in [0.05, 0.1) is 13.2 Å². The van der Waals surface area contributed by atoms with E-state index >= 15 is 0 Å². The first-order valence-corrected chi connectivity index (χ1v) is 27.0. The Bertz CT molecular complexity index is 1130. The molecular formula is C51H99N3O5S. The summed E-state index contributed by atoms with van der Waals surface area (Å²) < 4.78 is 33.6. The van der Waals surface area contributed by atoms with Gasteiger partial charge in [-0.1, -0.05) is 193 Å². The van der Waals surface area contributed by atoms with Crippen LogP contribution >= 0.6 is 0 Å². The zero-order chi connectivity index (χ0) is 44.0. The molecule has 0 fully saturated rings. The molecule has 2 N–H and O–H groups in total. The Balaban J connectivity index is 0.00000536. The van der Waals surface area contributed by atoms with Crippen molar-refractivity contribution in [1.82, 2.24) is 10.6 Å². The SMILES string of the molecule is CCCCCCCC/C=C\CCCCCCCCCCCC(=O)NCCC(C)C(CCCCCCCCCC/C=C\CCCCCCCC)[N+]1=CNCC1.COS(=O)(=O)[O-]. The highest BCUT2D eigenvalue weighted by molar-refractivity contribution is 7.80. The molecule has 0 spiro atoms. The number of hydrogen-bond acceptors (Lipinski definition) is 6. The van der Waals surface area contributed by atoms with E-state index in [0.29, 0.717) is 18.4 Å². The molecule has 0 aromatic rings.